The molecule has 2 heterocycles. The van der Waals surface area contributed by atoms with Crippen LogP contribution in [0, 0.1) is 10.1 Å². The highest BCUT2D eigenvalue weighted by molar-refractivity contribution is 7.21. The van der Waals surface area contributed by atoms with Crippen molar-refractivity contribution in [2.24, 2.45) is 4.99 Å². The number of carbonyl (C=O) groups excluding carboxylic acids is 1. The predicted octanol–water partition coefficient (Wildman–Crippen LogP) is 4.87. The minimum absolute atomic E-state index is 0.00923. The molecule has 7 nitrogen and oxygen atoms in total. The maximum atomic E-state index is 12.8. The number of non-ortho nitro benzene ring substituents is 1. The number of methoxy groups -OCH3 is 1. The molecule has 0 atom stereocenters. The molecule has 0 saturated heterocycles. The van der Waals surface area contributed by atoms with E-state index in [4.69, 9.17) is 16.3 Å². The Morgan fingerprint density at radius 2 is 2.03 bits per heavy atom. The SMILES string of the molecule is COCCn1c(=NC(=O)c2cc3cc([N+](=O)[O-])ccc3s2)sc2cc(Cl)ccc21. The Morgan fingerprint density at radius 3 is 2.79 bits per heavy atom. The fourth-order valence-corrected chi connectivity index (χ4v) is 5.18. The lowest BCUT2D eigenvalue weighted by atomic mass is 10.2. The molecule has 0 N–H and O–H groups in total. The molecule has 2 aromatic carbocycles. The molecule has 0 aliphatic rings. The Hall–Kier alpha value is -2.59. The fraction of sp³-hybridized carbons (Fsp3) is 0.158. The van der Waals surface area contributed by atoms with Crippen molar-refractivity contribution in [3.05, 3.63) is 67.3 Å². The van der Waals surface area contributed by atoms with Gasteiger partial charge in [-0.15, -0.1) is 11.3 Å². The van der Waals surface area contributed by atoms with Crippen LogP contribution in [0.25, 0.3) is 20.3 Å². The van der Waals surface area contributed by atoms with Gasteiger partial charge in [0.2, 0.25) is 0 Å². The van der Waals surface area contributed by atoms with E-state index >= 15 is 0 Å². The summed E-state index contributed by atoms with van der Waals surface area (Å²) < 4.78 is 8.83. The summed E-state index contributed by atoms with van der Waals surface area (Å²) in [6, 6.07) is 11.7. The van der Waals surface area contributed by atoms with Gasteiger partial charge in [0.15, 0.2) is 4.80 Å². The first kappa shape index (κ1) is 19.7. The number of nitro groups is 1. The van der Waals surface area contributed by atoms with Crippen molar-refractivity contribution >= 4 is 66.2 Å². The molecule has 0 fully saturated rings. The van der Waals surface area contributed by atoms with Crippen LogP contribution >= 0.6 is 34.3 Å². The maximum absolute atomic E-state index is 12.8. The van der Waals surface area contributed by atoms with Crippen molar-refractivity contribution in [2.75, 3.05) is 13.7 Å². The van der Waals surface area contributed by atoms with Gasteiger partial charge in [0.05, 0.1) is 26.6 Å². The number of aromatic nitrogens is 1. The van der Waals surface area contributed by atoms with Crippen molar-refractivity contribution in [1.29, 1.82) is 0 Å². The topological polar surface area (TPSA) is 86.7 Å². The highest BCUT2D eigenvalue weighted by atomic mass is 35.5. The van der Waals surface area contributed by atoms with Gasteiger partial charge in [-0.3, -0.25) is 14.9 Å². The van der Waals surface area contributed by atoms with E-state index in [1.807, 2.05) is 16.7 Å². The summed E-state index contributed by atoms with van der Waals surface area (Å²) in [6.45, 7) is 1.02. The maximum Gasteiger partial charge on any atom is 0.289 e. The molecule has 0 saturated carbocycles. The summed E-state index contributed by atoms with van der Waals surface area (Å²) >= 11 is 8.73. The first-order chi connectivity index (χ1) is 14.0. The number of nitrogens with zero attached hydrogens (tertiary/aromatic N) is 3. The molecule has 1 amide bonds. The first-order valence-electron chi connectivity index (χ1n) is 8.51. The molecule has 0 aliphatic heterocycles. The lowest BCUT2D eigenvalue weighted by Gasteiger charge is -2.04. The van der Waals surface area contributed by atoms with E-state index in [0.717, 1.165) is 14.9 Å². The third-order valence-electron chi connectivity index (χ3n) is 4.28. The van der Waals surface area contributed by atoms with Gasteiger partial charge in [-0.1, -0.05) is 22.9 Å². The number of hydrogen-bond donors (Lipinski definition) is 0. The number of hydrogen-bond acceptors (Lipinski definition) is 6. The van der Waals surface area contributed by atoms with Gasteiger partial charge in [0, 0.05) is 40.9 Å². The quantitative estimate of drug-likeness (QED) is 0.322. The molecule has 0 spiro atoms. The Morgan fingerprint density at radius 1 is 1.21 bits per heavy atom. The van der Waals surface area contributed by atoms with E-state index in [-0.39, 0.29) is 5.69 Å². The molecule has 4 rings (SSSR count). The van der Waals surface area contributed by atoms with Crippen LogP contribution in [0.15, 0.2) is 47.5 Å². The first-order valence-corrected chi connectivity index (χ1v) is 10.5. The summed E-state index contributed by atoms with van der Waals surface area (Å²) in [4.78, 5) is 28.6. The number of fused-ring (bicyclic) bond motifs is 2. The van der Waals surface area contributed by atoms with Crippen LogP contribution in [-0.4, -0.2) is 29.1 Å². The van der Waals surface area contributed by atoms with E-state index < -0.39 is 10.8 Å². The third-order valence-corrected chi connectivity index (χ3v) is 6.66. The van der Waals surface area contributed by atoms with Crippen molar-refractivity contribution in [3.63, 3.8) is 0 Å². The molecule has 2 aromatic heterocycles. The molecule has 4 aromatic rings. The molecule has 0 aliphatic carbocycles. The van der Waals surface area contributed by atoms with Crippen LogP contribution in [-0.2, 0) is 11.3 Å². The minimum atomic E-state index is -0.454. The zero-order chi connectivity index (χ0) is 20.5. The van der Waals surface area contributed by atoms with Crippen molar-refractivity contribution in [1.82, 2.24) is 4.57 Å². The number of thiazole rings is 1. The number of carbonyl (C=O) groups is 1. The molecule has 148 valence electrons. The molecule has 0 radical (unpaired) electrons. The number of rotatable bonds is 5. The van der Waals surface area contributed by atoms with Crippen molar-refractivity contribution in [2.45, 2.75) is 6.54 Å². The van der Waals surface area contributed by atoms with Gasteiger partial charge in [-0.2, -0.15) is 4.99 Å². The largest absolute Gasteiger partial charge is 0.383 e. The number of halogens is 1. The standard InChI is InChI=1S/C19H14ClN3O4S2/c1-27-7-6-22-14-4-2-12(20)10-16(14)29-19(22)21-18(24)17-9-11-8-13(23(25)26)3-5-15(11)28-17/h2-5,8-10H,6-7H2,1H3. The Bertz CT molecular complexity index is 1320. The molecule has 0 bridgehead atoms. The van der Waals surface area contributed by atoms with E-state index in [0.29, 0.717) is 33.2 Å². The van der Waals surface area contributed by atoms with Gasteiger partial charge >= 0.3 is 0 Å². The predicted molar refractivity (Wildman–Crippen MR) is 115 cm³/mol. The second-order valence-corrected chi connectivity index (χ2v) is 8.68. The smallest absolute Gasteiger partial charge is 0.289 e. The number of nitro benzene ring substituents is 1. The Labute approximate surface area is 177 Å². The van der Waals surface area contributed by atoms with Crippen LogP contribution in [0.1, 0.15) is 9.67 Å². The summed E-state index contributed by atoms with van der Waals surface area (Å²) in [5.74, 6) is -0.391. The van der Waals surface area contributed by atoms with Gasteiger partial charge in [0.1, 0.15) is 0 Å². The van der Waals surface area contributed by atoms with Gasteiger partial charge in [-0.05, 0) is 30.3 Å². The second-order valence-electron chi connectivity index (χ2n) is 6.15. The van der Waals surface area contributed by atoms with Crippen molar-refractivity contribution < 1.29 is 14.5 Å². The zero-order valence-corrected chi connectivity index (χ0v) is 17.5. The lowest BCUT2D eigenvalue weighted by Crippen LogP contribution is -2.19. The molecule has 0 unspecified atom stereocenters. The fourth-order valence-electron chi connectivity index (χ4n) is 2.92. The molecular weight excluding hydrogens is 434 g/mol. The van der Waals surface area contributed by atoms with Gasteiger partial charge in [0.25, 0.3) is 11.6 Å². The normalized spacial score (nSPS) is 12.1. The molecule has 29 heavy (non-hydrogen) atoms. The van der Waals surface area contributed by atoms with E-state index in [2.05, 4.69) is 4.99 Å². The van der Waals surface area contributed by atoms with E-state index in [1.165, 1.54) is 34.8 Å². The van der Waals surface area contributed by atoms with Crippen molar-refractivity contribution in [3.8, 4) is 0 Å². The summed E-state index contributed by atoms with van der Waals surface area (Å²) in [6.07, 6.45) is 0. The number of thiophene rings is 1. The van der Waals surface area contributed by atoms with Crippen LogP contribution in [0.5, 0.6) is 0 Å². The third kappa shape index (κ3) is 3.95. The highest BCUT2D eigenvalue weighted by Gasteiger charge is 2.14. The van der Waals surface area contributed by atoms with Gasteiger partial charge < -0.3 is 9.30 Å². The Kier molecular flexibility index (Phi) is 5.46. The molecular formula is C19H14ClN3O4S2. The van der Waals surface area contributed by atoms with Crippen LogP contribution in [0.4, 0.5) is 5.69 Å². The zero-order valence-electron chi connectivity index (χ0n) is 15.1. The number of ether oxygens (including phenoxy) is 1. The monoisotopic (exact) mass is 447 g/mol. The Balaban J connectivity index is 1.78. The minimum Gasteiger partial charge on any atom is -0.383 e. The van der Waals surface area contributed by atoms with Gasteiger partial charge in [-0.25, -0.2) is 0 Å². The highest BCUT2D eigenvalue weighted by Crippen LogP contribution is 2.29. The molecule has 10 heteroatoms. The number of amides is 1. The van der Waals surface area contributed by atoms with E-state index in [1.54, 1.807) is 25.3 Å². The van der Waals surface area contributed by atoms with Crippen LogP contribution in [0.3, 0.4) is 0 Å². The lowest BCUT2D eigenvalue weighted by molar-refractivity contribution is -0.384. The summed E-state index contributed by atoms with van der Waals surface area (Å²) in [5.41, 5.74) is 0.917. The second kappa shape index (κ2) is 8.03. The average Bonchev–Trinajstić information content (AvgIpc) is 3.26. The van der Waals surface area contributed by atoms with Crippen LogP contribution < -0.4 is 4.80 Å². The summed E-state index contributed by atoms with van der Waals surface area (Å²) in [7, 11) is 1.62. The van der Waals surface area contributed by atoms with E-state index in [9.17, 15) is 14.9 Å². The average molecular weight is 448 g/mol. The van der Waals surface area contributed by atoms with Crippen LogP contribution in [0.2, 0.25) is 5.02 Å². The summed E-state index contributed by atoms with van der Waals surface area (Å²) in [5, 5.41) is 12.2. The number of benzene rings is 2.